The van der Waals surface area contributed by atoms with E-state index in [1.807, 2.05) is 18.2 Å². The normalized spacial score (nSPS) is 14.5. The molecule has 0 N–H and O–H groups in total. The van der Waals surface area contributed by atoms with Crippen LogP contribution in [0.25, 0.3) is 0 Å². The Hall–Kier alpha value is -2.06. The van der Waals surface area contributed by atoms with Crippen molar-refractivity contribution in [2.45, 2.75) is 19.4 Å². The molecule has 21 heavy (non-hydrogen) atoms. The highest BCUT2D eigenvalue weighted by atomic mass is 16.5. The van der Waals surface area contributed by atoms with Crippen LogP contribution in [0.5, 0.6) is 5.75 Å². The number of rotatable bonds is 5. The van der Waals surface area contributed by atoms with Gasteiger partial charge in [-0.2, -0.15) is 5.26 Å². The molecule has 5 heteroatoms. The fourth-order valence-electron chi connectivity index (χ4n) is 2.36. The van der Waals surface area contributed by atoms with E-state index in [1.165, 1.54) is 5.56 Å². The van der Waals surface area contributed by atoms with Crippen molar-refractivity contribution in [1.82, 2.24) is 9.80 Å². The number of hydrogen-bond acceptors (Lipinski definition) is 4. The second-order valence-electron chi connectivity index (χ2n) is 5.21. The first-order valence-electron chi connectivity index (χ1n) is 7.24. The van der Waals surface area contributed by atoms with Gasteiger partial charge in [-0.15, -0.1) is 0 Å². The summed E-state index contributed by atoms with van der Waals surface area (Å²) in [6, 6.07) is 10.1. The summed E-state index contributed by atoms with van der Waals surface area (Å²) in [6.07, 6.45) is 0.858. The molecule has 0 saturated carbocycles. The topological polar surface area (TPSA) is 56.6 Å². The number of carbonyl (C=O) groups excluding carboxylic acids is 1. The van der Waals surface area contributed by atoms with Crippen molar-refractivity contribution in [3.05, 3.63) is 29.8 Å². The van der Waals surface area contributed by atoms with Crippen molar-refractivity contribution >= 4 is 5.91 Å². The summed E-state index contributed by atoms with van der Waals surface area (Å²) in [7, 11) is 1.75. The van der Waals surface area contributed by atoms with Gasteiger partial charge in [0, 0.05) is 45.2 Å². The van der Waals surface area contributed by atoms with E-state index in [2.05, 4.69) is 17.0 Å². The van der Waals surface area contributed by atoms with Gasteiger partial charge in [0.2, 0.25) is 5.91 Å². The van der Waals surface area contributed by atoms with Crippen LogP contribution in [0.15, 0.2) is 24.3 Å². The van der Waals surface area contributed by atoms with E-state index < -0.39 is 0 Å². The number of fused-ring (bicyclic) bond motifs is 1. The van der Waals surface area contributed by atoms with Crippen molar-refractivity contribution in [3.63, 3.8) is 0 Å². The minimum atomic E-state index is 0.0868. The Morgan fingerprint density at radius 1 is 1.48 bits per heavy atom. The molecule has 0 fully saturated rings. The standard InChI is InChI=1S/C16H21N3O2/c1-18(9-4-8-17)16(20)7-10-19-11-12-21-15-6-3-2-5-14(15)13-19/h2-3,5-6H,4,7,9-13H2,1H3. The van der Waals surface area contributed by atoms with E-state index in [4.69, 9.17) is 10.00 Å². The summed E-state index contributed by atoms with van der Waals surface area (Å²) in [5.41, 5.74) is 1.17. The molecule has 1 aliphatic heterocycles. The maximum absolute atomic E-state index is 12.0. The molecule has 112 valence electrons. The lowest BCUT2D eigenvalue weighted by Gasteiger charge is -2.21. The number of para-hydroxylation sites is 1. The maximum atomic E-state index is 12.0. The largest absolute Gasteiger partial charge is 0.492 e. The molecule has 0 spiro atoms. The minimum Gasteiger partial charge on any atom is -0.492 e. The number of benzene rings is 1. The summed E-state index contributed by atoms with van der Waals surface area (Å²) in [5.74, 6) is 1.03. The molecular formula is C16H21N3O2. The van der Waals surface area contributed by atoms with Gasteiger partial charge in [0.15, 0.2) is 0 Å². The van der Waals surface area contributed by atoms with Crippen molar-refractivity contribution in [2.75, 3.05) is 33.3 Å². The zero-order chi connectivity index (χ0) is 15.1. The number of amides is 1. The average molecular weight is 287 g/mol. The van der Waals surface area contributed by atoms with Gasteiger partial charge in [-0.05, 0) is 6.07 Å². The third kappa shape index (κ3) is 4.47. The molecule has 0 radical (unpaired) electrons. The van der Waals surface area contributed by atoms with E-state index in [-0.39, 0.29) is 5.91 Å². The molecule has 1 aromatic rings. The minimum absolute atomic E-state index is 0.0868. The molecule has 0 unspecified atom stereocenters. The molecule has 1 heterocycles. The second kappa shape index (κ2) is 7.65. The fraction of sp³-hybridized carbons (Fsp3) is 0.500. The highest BCUT2D eigenvalue weighted by molar-refractivity contribution is 5.76. The van der Waals surface area contributed by atoms with Crippen LogP contribution in [-0.4, -0.2) is 49.0 Å². The maximum Gasteiger partial charge on any atom is 0.223 e. The van der Waals surface area contributed by atoms with Gasteiger partial charge >= 0.3 is 0 Å². The number of nitrogens with zero attached hydrogens (tertiary/aromatic N) is 3. The van der Waals surface area contributed by atoms with Crippen molar-refractivity contribution in [3.8, 4) is 11.8 Å². The summed E-state index contributed by atoms with van der Waals surface area (Å²) < 4.78 is 5.71. The van der Waals surface area contributed by atoms with Gasteiger partial charge in [-0.1, -0.05) is 18.2 Å². The van der Waals surface area contributed by atoms with Gasteiger partial charge in [0.05, 0.1) is 12.5 Å². The van der Waals surface area contributed by atoms with Crippen LogP contribution in [-0.2, 0) is 11.3 Å². The highest BCUT2D eigenvalue weighted by Crippen LogP contribution is 2.22. The van der Waals surface area contributed by atoms with Gasteiger partial charge < -0.3 is 9.64 Å². The lowest BCUT2D eigenvalue weighted by Crippen LogP contribution is -2.33. The molecule has 1 amide bonds. The number of ether oxygens (including phenoxy) is 1. The third-order valence-corrected chi connectivity index (χ3v) is 3.66. The molecule has 2 rings (SSSR count). The molecule has 0 aliphatic carbocycles. The first-order valence-corrected chi connectivity index (χ1v) is 7.24. The van der Waals surface area contributed by atoms with Crippen LogP contribution in [0.2, 0.25) is 0 Å². The van der Waals surface area contributed by atoms with Gasteiger partial charge in [-0.3, -0.25) is 9.69 Å². The molecule has 0 bridgehead atoms. The van der Waals surface area contributed by atoms with E-state index >= 15 is 0 Å². The van der Waals surface area contributed by atoms with E-state index in [0.717, 1.165) is 18.8 Å². The summed E-state index contributed by atoms with van der Waals surface area (Å²) in [4.78, 5) is 15.9. The van der Waals surface area contributed by atoms with E-state index in [9.17, 15) is 4.79 Å². The second-order valence-corrected chi connectivity index (χ2v) is 5.21. The Kier molecular flexibility index (Phi) is 5.59. The Bertz CT molecular complexity index is 524. The van der Waals surface area contributed by atoms with Gasteiger partial charge in [0.25, 0.3) is 0 Å². The Balaban J connectivity index is 1.84. The lowest BCUT2D eigenvalue weighted by molar-refractivity contribution is -0.130. The van der Waals surface area contributed by atoms with E-state index in [1.54, 1.807) is 11.9 Å². The van der Waals surface area contributed by atoms with Crippen molar-refractivity contribution in [2.24, 2.45) is 0 Å². The molecule has 0 aromatic heterocycles. The zero-order valence-electron chi connectivity index (χ0n) is 12.4. The van der Waals surface area contributed by atoms with Crippen molar-refractivity contribution < 1.29 is 9.53 Å². The lowest BCUT2D eigenvalue weighted by atomic mass is 10.2. The Labute approximate surface area is 125 Å². The van der Waals surface area contributed by atoms with Crippen molar-refractivity contribution in [1.29, 1.82) is 5.26 Å². The summed E-state index contributed by atoms with van der Waals surface area (Å²) in [5, 5.41) is 8.54. The predicted molar refractivity (Wildman–Crippen MR) is 79.7 cm³/mol. The molecular weight excluding hydrogens is 266 g/mol. The Morgan fingerprint density at radius 3 is 3.10 bits per heavy atom. The highest BCUT2D eigenvalue weighted by Gasteiger charge is 2.16. The van der Waals surface area contributed by atoms with Crippen LogP contribution < -0.4 is 4.74 Å². The van der Waals surface area contributed by atoms with Crippen LogP contribution in [0.3, 0.4) is 0 Å². The van der Waals surface area contributed by atoms with Crippen LogP contribution >= 0.6 is 0 Å². The third-order valence-electron chi connectivity index (χ3n) is 3.66. The molecule has 1 aliphatic rings. The number of nitriles is 1. The number of carbonyl (C=O) groups is 1. The molecule has 1 aromatic carbocycles. The first-order chi connectivity index (χ1) is 10.2. The van der Waals surface area contributed by atoms with Crippen LogP contribution in [0.4, 0.5) is 0 Å². The fourth-order valence-corrected chi connectivity index (χ4v) is 2.36. The average Bonchev–Trinajstić information content (AvgIpc) is 2.71. The number of hydrogen-bond donors (Lipinski definition) is 0. The SMILES string of the molecule is CN(CCC#N)C(=O)CCN1CCOc2ccccc2C1. The van der Waals surface area contributed by atoms with E-state index in [0.29, 0.717) is 32.5 Å². The predicted octanol–water partition coefficient (Wildman–Crippen LogP) is 1.64. The molecule has 5 nitrogen and oxygen atoms in total. The molecule has 0 atom stereocenters. The Morgan fingerprint density at radius 2 is 2.29 bits per heavy atom. The van der Waals surface area contributed by atoms with Gasteiger partial charge in [-0.25, -0.2) is 0 Å². The van der Waals surface area contributed by atoms with Crippen LogP contribution in [0.1, 0.15) is 18.4 Å². The quantitative estimate of drug-likeness (QED) is 0.826. The van der Waals surface area contributed by atoms with Gasteiger partial charge in [0.1, 0.15) is 12.4 Å². The molecule has 0 saturated heterocycles. The summed E-state index contributed by atoms with van der Waals surface area (Å²) >= 11 is 0. The summed E-state index contributed by atoms with van der Waals surface area (Å²) in [6.45, 7) is 3.50. The van der Waals surface area contributed by atoms with Crippen LogP contribution in [0, 0.1) is 11.3 Å². The smallest absolute Gasteiger partial charge is 0.223 e. The first kappa shape index (κ1) is 15.3. The zero-order valence-corrected chi connectivity index (χ0v) is 12.4. The monoisotopic (exact) mass is 287 g/mol.